The van der Waals surface area contributed by atoms with E-state index in [4.69, 9.17) is 4.74 Å². The van der Waals surface area contributed by atoms with E-state index in [1.165, 1.54) is 0 Å². The Balaban J connectivity index is 2.29. The Morgan fingerprint density at radius 1 is 1.57 bits per heavy atom. The van der Waals surface area contributed by atoms with Gasteiger partial charge in [0.15, 0.2) is 11.6 Å². The highest BCUT2D eigenvalue weighted by Gasteiger charge is 2.08. The molecule has 0 saturated carbocycles. The minimum absolute atomic E-state index is 0.435. The van der Waals surface area contributed by atoms with Crippen LogP contribution in [-0.2, 0) is 18.4 Å². The maximum absolute atomic E-state index is 4.93. The zero-order chi connectivity index (χ0) is 9.97. The van der Waals surface area contributed by atoms with Crippen LogP contribution in [0.25, 0.3) is 11.5 Å². The average molecular weight is 193 g/mol. The van der Waals surface area contributed by atoms with E-state index < -0.39 is 0 Å². The molecule has 74 valence electrons. The molecule has 0 fully saturated rings. The lowest BCUT2D eigenvalue weighted by atomic mass is 10.4. The summed E-state index contributed by atoms with van der Waals surface area (Å²) in [6.07, 6.45) is 1.71. The lowest BCUT2D eigenvalue weighted by Gasteiger charge is -1.94. The molecule has 0 amide bonds. The highest BCUT2D eigenvalue weighted by atomic mass is 16.5. The summed E-state index contributed by atoms with van der Waals surface area (Å²) in [6.45, 7) is 0.435. The quantitative estimate of drug-likeness (QED) is 0.763. The molecule has 6 nitrogen and oxygen atoms in total. The molecule has 2 aromatic heterocycles. The largest absolute Gasteiger partial charge is 0.377 e. The van der Waals surface area contributed by atoms with Gasteiger partial charge in [-0.1, -0.05) is 0 Å². The van der Waals surface area contributed by atoms with E-state index in [2.05, 4.69) is 20.3 Å². The van der Waals surface area contributed by atoms with Crippen LogP contribution < -0.4 is 0 Å². The topological polar surface area (TPSA) is 68.6 Å². The number of methoxy groups -OCH3 is 1. The van der Waals surface area contributed by atoms with Gasteiger partial charge in [-0.25, -0.2) is 4.98 Å². The summed E-state index contributed by atoms with van der Waals surface area (Å²) < 4.78 is 6.65. The van der Waals surface area contributed by atoms with E-state index in [0.29, 0.717) is 18.3 Å². The van der Waals surface area contributed by atoms with Gasteiger partial charge >= 0.3 is 0 Å². The molecule has 0 bridgehead atoms. The van der Waals surface area contributed by atoms with Crippen molar-refractivity contribution in [1.29, 1.82) is 0 Å². The van der Waals surface area contributed by atoms with Crippen LogP contribution in [0.15, 0.2) is 12.3 Å². The van der Waals surface area contributed by atoms with Gasteiger partial charge in [-0.05, 0) is 6.07 Å². The van der Waals surface area contributed by atoms with E-state index in [1.807, 2.05) is 13.1 Å². The second-order valence-electron chi connectivity index (χ2n) is 2.88. The Labute approximate surface area is 80.9 Å². The van der Waals surface area contributed by atoms with Crippen LogP contribution in [-0.4, -0.2) is 32.1 Å². The van der Waals surface area contributed by atoms with E-state index in [0.717, 1.165) is 5.69 Å². The normalized spacial score (nSPS) is 10.7. The number of nitrogens with one attached hydrogen (secondary N) is 1. The lowest BCUT2D eigenvalue weighted by molar-refractivity contribution is 0.178. The SMILES string of the molecule is COCc1nc(-c2ccnn2C)n[nH]1. The Morgan fingerprint density at radius 3 is 3.07 bits per heavy atom. The molecule has 0 saturated heterocycles. The molecule has 0 aromatic carbocycles. The minimum atomic E-state index is 0.435. The van der Waals surface area contributed by atoms with Gasteiger partial charge in [-0.2, -0.15) is 10.2 Å². The summed E-state index contributed by atoms with van der Waals surface area (Å²) in [5, 5.41) is 10.9. The number of aromatic amines is 1. The lowest BCUT2D eigenvalue weighted by Crippen LogP contribution is -1.94. The standard InChI is InChI=1S/C8H11N5O/c1-13-6(3-4-9-13)8-10-7(5-14-2)11-12-8/h3-4H,5H2,1-2H3,(H,10,11,12). The van der Waals surface area contributed by atoms with Gasteiger partial charge in [-0.3, -0.25) is 9.78 Å². The first-order valence-corrected chi connectivity index (χ1v) is 4.20. The summed E-state index contributed by atoms with van der Waals surface area (Å²) in [5.41, 5.74) is 0.878. The van der Waals surface area contributed by atoms with Gasteiger partial charge in [0, 0.05) is 20.4 Å². The molecule has 14 heavy (non-hydrogen) atoms. The van der Waals surface area contributed by atoms with Crippen LogP contribution in [0.1, 0.15) is 5.82 Å². The summed E-state index contributed by atoms with van der Waals surface area (Å²) in [5.74, 6) is 1.35. The molecule has 0 unspecified atom stereocenters. The van der Waals surface area contributed by atoms with Crippen LogP contribution in [0, 0.1) is 0 Å². The third-order valence-corrected chi connectivity index (χ3v) is 1.86. The summed E-state index contributed by atoms with van der Waals surface area (Å²) in [7, 11) is 3.47. The minimum Gasteiger partial charge on any atom is -0.377 e. The van der Waals surface area contributed by atoms with E-state index in [-0.39, 0.29) is 0 Å². The van der Waals surface area contributed by atoms with Gasteiger partial charge in [0.2, 0.25) is 0 Å². The molecule has 6 heteroatoms. The molecule has 2 rings (SSSR count). The number of hydrogen-bond acceptors (Lipinski definition) is 4. The van der Waals surface area contributed by atoms with Crippen molar-refractivity contribution in [3.05, 3.63) is 18.1 Å². The van der Waals surface area contributed by atoms with Crippen molar-refractivity contribution in [2.24, 2.45) is 7.05 Å². The second-order valence-corrected chi connectivity index (χ2v) is 2.88. The Bertz CT molecular complexity index is 419. The molecule has 1 N–H and O–H groups in total. The highest BCUT2D eigenvalue weighted by molar-refractivity contribution is 5.47. The third-order valence-electron chi connectivity index (χ3n) is 1.86. The number of aryl methyl sites for hydroxylation is 1. The van der Waals surface area contributed by atoms with Crippen LogP contribution >= 0.6 is 0 Å². The van der Waals surface area contributed by atoms with Crippen molar-refractivity contribution >= 4 is 0 Å². The fourth-order valence-electron chi connectivity index (χ4n) is 1.20. The smallest absolute Gasteiger partial charge is 0.199 e. The number of ether oxygens (including phenoxy) is 1. The molecule has 0 radical (unpaired) electrons. The molecule has 0 aliphatic heterocycles. The van der Waals surface area contributed by atoms with Gasteiger partial charge < -0.3 is 4.74 Å². The molecule has 0 aliphatic rings. The van der Waals surface area contributed by atoms with E-state index in [9.17, 15) is 0 Å². The molecule has 0 aliphatic carbocycles. The maximum atomic E-state index is 4.93. The first kappa shape index (κ1) is 8.89. The molecule has 0 atom stereocenters. The zero-order valence-corrected chi connectivity index (χ0v) is 8.06. The first-order valence-electron chi connectivity index (χ1n) is 4.20. The Morgan fingerprint density at radius 2 is 2.43 bits per heavy atom. The van der Waals surface area contributed by atoms with Crippen LogP contribution in [0.4, 0.5) is 0 Å². The molecule has 0 spiro atoms. The predicted octanol–water partition coefficient (Wildman–Crippen LogP) is 0.352. The van der Waals surface area contributed by atoms with Gasteiger partial charge in [0.1, 0.15) is 12.3 Å². The molecule has 2 aromatic rings. The summed E-state index contributed by atoms with van der Waals surface area (Å²) in [4.78, 5) is 4.25. The van der Waals surface area contributed by atoms with Gasteiger partial charge in [0.05, 0.1) is 0 Å². The van der Waals surface area contributed by atoms with Gasteiger partial charge in [-0.15, -0.1) is 0 Å². The Kier molecular flexibility index (Phi) is 2.28. The van der Waals surface area contributed by atoms with Crippen molar-refractivity contribution in [2.45, 2.75) is 6.61 Å². The van der Waals surface area contributed by atoms with Crippen LogP contribution in [0.3, 0.4) is 0 Å². The fourth-order valence-corrected chi connectivity index (χ4v) is 1.20. The zero-order valence-electron chi connectivity index (χ0n) is 8.06. The van der Waals surface area contributed by atoms with Crippen molar-refractivity contribution < 1.29 is 4.74 Å². The van der Waals surface area contributed by atoms with E-state index in [1.54, 1.807) is 18.0 Å². The average Bonchev–Trinajstić information content (AvgIpc) is 2.74. The molecular weight excluding hydrogens is 182 g/mol. The number of aromatic nitrogens is 5. The molecule has 2 heterocycles. The maximum Gasteiger partial charge on any atom is 0.199 e. The second kappa shape index (κ2) is 3.59. The first-order chi connectivity index (χ1) is 6.81. The van der Waals surface area contributed by atoms with Crippen LogP contribution in [0.5, 0.6) is 0 Å². The fraction of sp³-hybridized carbons (Fsp3) is 0.375. The summed E-state index contributed by atoms with van der Waals surface area (Å²) >= 11 is 0. The number of nitrogens with zero attached hydrogens (tertiary/aromatic N) is 4. The van der Waals surface area contributed by atoms with Crippen molar-refractivity contribution in [1.82, 2.24) is 25.0 Å². The number of rotatable bonds is 3. The van der Waals surface area contributed by atoms with E-state index >= 15 is 0 Å². The Hall–Kier alpha value is -1.69. The van der Waals surface area contributed by atoms with Crippen LogP contribution in [0.2, 0.25) is 0 Å². The number of hydrogen-bond donors (Lipinski definition) is 1. The van der Waals surface area contributed by atoms with Gasteiger partial charge in [0.25, 0.3) is 0 Å². The predicted molar refractivity (Wildman–Crippen MR) is 49.3 cm³/mol. The van der Waals surface area contributed by atoms with Crippen molar-refractivity contribution in [3.8, 4) is 11.5 Å². The van der Waals surface area contributed by atoms with Crippen molar-refractivity contribution in [3.63, 3.8) is 0 Å². The number of H-pyrrole nitrogens is 1. The molecular formula is C8H11N5O. The third kappa shape index (κ3) is 1.51. The highest BCUT2D eigenvalue weighted by Crippen LogP contribution is 2.12. The monoisotopic (exact) mass is 193 g/mol. The van der Waals surface area contributed by atoms with Crippen molar-refractivity contribution in [2.75, 3.05) is 7.11 Å². The summed E-state index contributed by atoms with van der Waals surface area (Å²) in [6, 6.07) is 1.86.